The topological polar surface area (TPSA) is 168 Å². The van der Waals surface area contributed by atoms with Gasteiger partial charge in [0.25, 0.3) is 0 Å². The maximum Gasteiger partial charge on any atom is 0.336 e. The summed E-state index contributed by atoms with van der Waals surface area (Å²) in [5.74, 6) is -3.81. The van der Waals surface area contributed by atoms with Crippen molar-refractivity contribution in [2.45, 2.75) is 25.7 Å². The number of carboxylic acid groups (broad SMARTS) is 2. The molecule has 0 bridgehead atoms. The zero-order valence-corrected chi connectivity index (χ0v) is 17.6. The molecule has 176 valence electrons. The van der Waals surface area contributed by atoms with E-state index in [1.165, 1.54) is 12.1 Å². The Kier molecular flexibility index (Phi) is 14.5. The Morgan fingerprint density at radius 1 is 0.812 bits per heavy atom. The van der Waals surface area contributed by atoms with Crippen molar-refractivity contribution < 1.29 is 49.1 Å². The average molecular weight is 452 g/mol. The smallest absolute Gasteiger partial charge is 0.336 e. The van der Waals surface area contributed by atoms with Crippen LogP contribution in [0, 0.1) is 0 Å². The van der Waals surface area contributed by atoms with Gasteiger partial charge in [-0.05, 0) is 36.5 Å². The van der Waals surface area contributed by atoms with Crippen LogP contribution in [-0.4, -0.2) is 70.7 Å². The van der Waals surface area contributed by atoms with Gasteiger partial charge in [0.15, 0.2) is 0 Å². The van der Waals surface area contributed by atoms with Crippen LogP contribution in [0.5, 0.6) is 0 Å². The quantitative estimate of drug-likeness (QED) is 0.195. The predicted molar refractivity (Wildman–Crippen MR) is 113 cm³/mol. The zero-order chi connectivity index (χ0) is 24.5. The molecule has 0 amide bonds. The minimum Gasteiger partial charge on any atom is -0.478 e. The number of aromatic carboxylic acids is 2. The van der Waals surface area contributed by atoms with Gasteiger partial charge in [0.1, 0.15) is 0 Å². The Hall–Kier alpha value is -3.50. The molecule has 0 spiro atoms. The average Bonchev–Trinajstić information content (AvgIpc) is 2.77. The second-order valence-corrected chi connectivity index (χ2v) is 6.13. The number of ether oxygens (including phenoxy) is 2. The van der Waals surface area contributed by atoms with Crippen molar-refractivity contribution in [1.82, 2.24) is 0 Å². The zero-order valence-electron chi connectivity index (χ0n) is 17.6. The fourth-order valence-electron chi connectivity index (χ4n) is 2.51. The van der Waals surface area contributed by atoms with Gasteiger partial charge in [0.2, 0.25) is 0 Å². The number of rotatable bonds is 13. The number of hydrogen-bond acceptors (Lipinski definition) is 8. The number of unbranched alkanes of at least 4 members (excludes halogenated alkanes) is 1. The lowest BCUT2D eigenvalue weighted by Crippen LogP contribution is -2.16. The normalized spacial score (nSPS) is 9.69. The Balaban J connectivity index is 0.000000809. The van der Waals surface area contributed by atoms with Crippen LogP contribution >= 0.6 is 0 Å². The van der Waals surface area contributed by atoms with E-state index in [0.717, 1.165) is 12.2 Å². The first kappa shape index (κ1) is 28.5. The molecule has 4 N–H and O–H groups in total. The molecule has 1 aromatic carbocycles. The largest absolute Gasteiger partial charge is 0.478 e. The number of hydrogen-bond donors (Lipinski definition) is 4. The molecule has 1 rings (SSSR count). The van der Waals surface area contributed by atoms with Crippen molar-refractivity contribution in [3.63, 3.8) is 0 Å². The summed E-state index contributed by atoms with van der Waals surface area (Å²) in [6, 6.07) is 2.65. The molecule has 0 saturated carbocycles. The van der Waals surface area contributed by atoms with Crippen LogP contribution in [0.2, 0.25) is 0 Å². The summed E-state index contributed by atoms with van der Waals surface area (Å²) in [7, 11) is 0. The molecule has 0 saturated heterocycles. The highest BCUT2D eigenvalue weighted by atomic mass is 16.5. The molecule has 0 unspecified atom stereocenters. The fourth-order valence-corrected chi connectivity index (χ4v) is 2.51. The standard InChI is InChI=1S/C15H16O7.C7H12O3/c1-2-12(17)22-8-6-10-9(5-7-16)3-4-11(14(18)19)13(10)15(20)21;1-2-7(9)10-6-4-3-5-8/h2-4,16H,1,5-8H2,(H,18,19)(H,20,21);2,8H,1,3-6H2. The third-order valence-electron chi connectivity index (χ3n) is 3.96. The number of aliphatic hydroxyl groups is 2. The van der Waals surface area contributed by atoms with Gasteiger partial charge in [-0.1, -0.05) is 19.2 Å². The number of carboxylic acids is 2. The van der Waals surface area contributed by atoms with Gasteiger partial charge in [-0.25, -0.2) is 19.2 Å². The highest BCUT2D eigenvalue weighted by Crippen LogP contribution is 2.22. The summed E-state index contributed by atoms with van der Waals surface area (Å²) < 4.78 is 9.43. The summed E-state index contributed by atoms with van der Waals surface area (Å²) >= 11 is 0. The van der Waals surface area contributed by atoms with E-state index in [1.807, 2.05) is 0 Å². The first-order valence-corrected chi connectivity index (χ1v) is 9.64. The number of esters is 2. The summed E-state index contributed by atoms with van der Waals surface area (Å²) in [5, 5.41) is 35.8. The van der Waals surface area contributed by atoms with Crippen molar-refractivity contribution >= 4 is 23.9 Å². The minimum absolute atomic E-state index is 0.0255. The van der Waals surface area contributed by atoms with Crippen molar-refractivity contribution in [3.05, 3.63) is 59.7 Å². The molecule has 0 aliphatic rings. The van der Waals surface area contributed by atoms with Gasteiger partial charge in [-0.15, -0.1) is 0 Å². The maximum atomic E-state index is 11.4. The Labute approximate surface area is 185 Å². The summed E-state index contributed by atoms with van der Waals surface area (Å²) in [4.78, 5) is 44.0. The molecule has 0 atom stereocenters. The van der Waals surface area contributed by atoms with E-state index in [9.17, 15) is 24.3 Å². The highest BCUT2D eigenvalue weighted by molar-refractivity contribution is 6.03. The van der Waals surface area contributed by atoms with Gasteiger partial charge in [0, 0.05) is 31.8 Å². The lowest BCUT2D eigenvalue weighted by atomic mass is 9.92. The van der Waals surface area contributed by atoms with Crippen LogP contribution in [0.1, 0.15) is 44.7 Å². The maximum absolute atomic E-state index is 11.4. The van der Waals surface area contributed by atoms with Crippen molar-refractivity contribution in [2.75, 3.05) is 26.4 Å². The van der Waals surface area contributed by atoms with Crippen LogP contribution in [-0.2, 0) is 31.9 Å². The third kappa shape index (κ3) is 10.5. The fraction of sp³-hybridized carbons (Fsp3) is 0.364. The Morgan fingerprint density at radius 3 is 1.88 bits per heavy atom. The summed E-state index contributed by atoms with van der Waals surface area (Å²) in [6.45, 7) is 6.65. The van der Waals surface area contributed by atoms with Crippen LogP contribution in [0.3, 0.4) is 0 Å². The summed E-state index contributed by atoms with van der Waals surface area (Å²) in [6.07, 6.45) is 3.67. The summed E-state index contributed by atoms with van der Waals surface area (Å²) in [5.41, 5.74) is 0.0326. The van der Waals surface area contributed by atoms with E-state index in [0.29, 0.717) is 25.0 Å². The molecule has 0 fully saturated rings. The van der Waals surface area contributed by atoms with Gasteiger partial charge in [-0.3, -0.25) is 0 Å². The van der Waals surface area contributed by atoms with E-state index in [1.54, 1.807) is 0 Å². The first-order valence-electron chi connectivity index (χ1n) is 9.64. The monoisotopic (exact) mass is 452 g/mol. The second kappa shape index (κ2) is 16.2. The Bertz CT molecular complexity index is 813. The third-order valence-corrected chi connectivity index (χ3v) is 3.96. The van der Waals surface area contributed by atoms with Crippen molar-refractivity contribution in [2.24, 2.45) is 0 Å². The van der Waals surface area contributed by atoms with E-state index >= 15 is 0 Å². The molecular formula is C22H28O10. The van der Waals surface area contributed by atoms with Crippen LogP contribution in [0.4, 0.5) is 0 Å². The first-order chi connectivity index (χ1) is 15.2. The van der Waals surface area contributed by atoms with Crippen LogP contribution in [0.25, 0.3) is 0 Å². The van der Waals surface area contributed by atoms with E-state index < -0.39 is 23.9 Å². The van der Waals surface area contributed by atoms with Gasteiger partial charge in [0.05, 0.1) is 24.3 Å². The SMILES string of the molecule is C=CC(=O)OCCCCO.C=CC(=O)OCCc1c(CCO)ccc(C(=O)O)c1C(=O)O. The van der Waals surface area contributed by atoms with Crippen molar-refractivity contribution in [3.8, 4) is 0 Å². The molecule has 0 aliphatic carbocycles. The molecule has 0 heterocycles. The molecule has 0 aromatic heterocycles. The number of aliphatic hydroxyl groups excluding tert-OH is 2. The molecule has 0 radical (unpaired) electrons. The Morgan fingerprint density at radius 2 is 1.41 bits per heavy atom. The number of carbonyl (C=O) groups is 4. The lowest BCUT2D eigenvalue weighted by molar-refractivity contribution is -0.138. The van der Waals surface area contributed by atoms with Crippen LogP contribution < -0.4 is 0 Å². The minimum atomic E-state index is -1.39. The lowest BCUT2D eigenvalue weighted by Gasteiger charge is -2.14. The molecule has 10 nitrogen and oxygen atoms in total. The van der Waals surface area contributed by atoms with E-state index in [-0.39, 0.29) is 49.4 Å². The van der Waals surface area contributed by atoms with E-state index in [2.05, 4.69) is 17.9 Å². The molecule has 32 heavy (non-hydrogen) atoms. The van der Waals surface area contributed by atoms with Crippen LogP contribution in [0.15, 0.2) is 37.4 Å². The second-order valence-electron chi connectivity index (χ2n) is 6.13. The van der Waals surface area contributed by atoms with Gasteiger partial charge < -0.3 is 29.9 Å². The molecule has 10 heteroatoms. The molecule has 1 aromatic rings. The van der Waals surface area contributed by atoms with E-state index in [4.69, 9.17) is 20.1 Å². The highest BCUT2D eigenvalue weighted by Gasteiger charge is 2.22. The number of carbonyl (C=O) groups excluding carboxylic acids is 2. The number of benzene rings is 1. The predicted octanol–water partition coefficient (Wildman–Crippen LogP) is 1.38. The van der Waals surface area contributed by atoms with Gasteiger partial charge in [-0.2, -0.15) is 0 Å². The molecular weight excluding hydrogens is 424 g/mol. The van der Waals surface area contributed by atoms with Crippen molar-refractivity contribution in [1.29, 1.82) is 0 Å². The van der Waals surface area contributed by atoms with Gasteiger partial charge >= 0.3 is 23.9 Å². The molecule has 0 aliphatic heterocycles.